The zero-order valence-corrected chi connectivity index (χ0v) is 22.2. The van der Waals surface area contributed by atoms with Gasteiger partial charge in [0, 0.05) is 19.2 Å². The Hall–Kier alpha value is -3.35. The molecule has 3 aromatic rings. The van der Waals surface area contributed by atoms with Crippen LogP contribution < -0.4 is 15.3 Å². The van der Waals surface area contributed by atoms with Gasteiger partial charge < -0.3 is 24.8 Å². The second kappa shape index (κ2) is 11.6. The van der Waals surface area contributed by atoms with Gasteiger partial charge in [0.1, 0.15) is 30.2 Å². The third-order valence-electron chi connectivity index (χ3n) is 6.22. The average molecular weight is 547 g/mol. The number of ether oxygens (including phenoxy) is 2. The maximum absolute atomic E-state index is 13.6. The van der Waals surface area contributed by atoms with E-state index in [9.17, 15) is 14.5 Å². The Morgan fingerprint density at radius 2 is 2.11 bits per heavy atom. The average Bonchev–Trinajstić information content (AvgIpc) is 3.44. The van der Waals surface area contributed by atoms with Gasteiger partial charge in [-0.15, -0.1) is 0 Å². The Balaban J connectivity index is 1.58. The Labute approximate surface area is 219 Å². The van der Waals surface area contributed by atoms with Crippen LogP contribution in [0.5, 0.6) is 5.75 Å². The molecule has 14 heteroatoms. The lowest BCUT2D eigenvalue weighted by Crippen LogP contribution is -2.37. The molecule has 1 fully saturated rings. The van der Waals surface area contributed by atoms with Gasteiger partial charge in [-0.05, 0) is 31.2 Å². The minimum Gasteiger partial charge on any atom is -0.465 e. The number of anilines is 1. The second-order valence-corrected chi connectivity index (χ2v) is 10.4. The predicted octanol–water partition coefficient (Wildman–Crippen LogP) is 1.96. The number of rotatable bonds is 11. The van der Waals surface area contributed by atoms with E-state index in [-0.39, 0.29) is 24.8 Å². The van der Waals surface area contributed by atoms with Crippen molar-refractivity contribution in [1.29, 1.82) is 0 Å². The second-order valence-electron chi connectivity index (χ2n) is 8.61. The number of para-hydroxylation sites is 1. The Kier molecular flexibility index (Phi) is 8.44. The molecule has 5 atom stereocenters. The third-order valence-corrected chi connectivity index (χ3v) is 7.70. The molecule has 1 aliphatic heterocycles. The van der Waals surface area contributed by atoms with Crippen LogP contribution >= 0.6 is 7.75 Å². The van der Waals surface area contributed by atoms with Crippen LogP contribution in [0, 0.1) is 5.92 Å². The van der Waals surface area contributed by atoms with Crippen LogP contribution in [-0.4, -0.2) is 70.9 Å². The van der Waals surface area contributed by atoms with Gasteiger partial charge in [-0.2, -0.15) is 5.10 Å². The molecule has 0 spiro atoms. The number of aromatic nitrogens is 3. The molecule has 13 nitrogen and oxygen atoms in total. The van der Waals surface area contributed by atoms with E-state index in [1.54, 1.807) is 74.1 Å². The van der Waals surface area contributed by atoms with Crippen molar-refractivity contribution in [2.75, 3.05) is 32.5 Å². The number of aliphatic imine (C=N–C) groups is 1. The largest absolute Gasteiger partial charge is 0.465 e. The quantitative estimate of drug-likeness (QED) is 0.182. The Bertz CT molecular complexity index is 1340. The molecule has 0 amide bonds. The van der Waals surface area contributed by atoms with Crippen LogP contribution in [0.3, 0.4) is 0 Å². The molecule has 4 N–H and O–H groups in total. The predicted molar refractivity (Wildman–Crippen MR) is 139 cm³/mol. The minimum atomic E-state index is -4.10. The SMILES string of the molecule is CCOC(=O)CNP(=O)(OC[C@H]1O[C@@](C=NC)(c2ccc3c(N)ncnn23)[C@@H](C)[C@@H]1O)Oc1ccccc1. The van der Waals surface area contributed by atoms with E-state index < -0.39 is 44.0 Å². The lowest BCUT2D eigenvalue weighted by Gasteiger charge is -2.29. The molecule has 3 heterocycles. The standard InChI is InChI=1S/C24H31N6O7P/c1-4-34-21(31)12-29-38(33,37-17-8-6-5-7-9-17)35-13-19-22(32)16(2)24(36-19,14-26-3)20-11-10-18-23(25)27-15-28-30(18)20/h5-11,14-16,19,22,32H,4,12-13H2,1-3H3,(H,29,33)(H2,25,27,28)/t16-,19+,22-,24+,38?/m0/s1. The van der Waals surface area contributed by atoms with Gasteiger partial charge in [-0.25, -0.2) is 19.2 Å². The van der Waals surface area contributed by atoms with Crippen molar-refractivity contribution in [3.8, 4) is 5.75 Å². The highest BCUT2D eigenvalue weighted by Gasteiger charge is 2.54. The van der Waals surface area contributed by atoms with Crippen molar-refractivity contribution in [3.63, 3.8) is 0 Å². The van der Waals surface area contributed by atoms with E-state index in [0.29, 0.717) is 11.2 Å². The van der Waals surface area contributed by atoms with Gasteiger partial charge in [0.05, 0.1) is 25.0 Å². The van der Waals surface area contributed by atoms with Crippen LogP contribution in [0.25, 0.3) is 5.52 Å². The molecular formula is C24H31N6O7P. The molecule has 38 heavy (non-hydrogen) atoms. The summed E-state index contributed by atoms with van der Waals surface area (Å²) in [5, 5.41) is 18.0. The zero-order valence-electron chi connectivity index (χ0n) is 21.3. The normalized spacial score (nSPS) is 25.0. The number of nitrogens with one attached hydrogen (secondary N) is 1. The molecule has 204 valence electrons. The van der Waals surface area contributed by atoms with Gasteiger partial charge >= 0.3 is 13.7 Å². The molecule has 1 aliphatic rings. The van der Waals surface area contributed by atoms with Crippen molar-refractivity contribution >= 4 is 31.3 Å². The molecule has 0 saturated carbocycles. The number of aliphatic hydroxyl groups is 1. The molecule has 1 saturated heterocycles. The molecule has 4 rings (SSSR count). The monoisotopic (exact) mass is 546 g/mol. The van der Waals surface area contributed by atoms with Gasteiger partial charge in [0.15, 0.2) is 11.4 Å². The number of hydrogen-bond donors (Lipinski definition) is 3. The summed E-state index contributed by atoms with van der Waals surface area (Å²) in [5.41, 5.74) is 5.94. The number of aliphatic hydroxyl groups excluding tert-OH is 1. The number of hydrogen-bond acceptors (Lipinski definition) is 11. The highest BCUT2D eigenvalue weighted by atomic mass is 31.2. The number of esters is 1. The van der Waals surface area contributed by atoms with Crippen LogP contribution in [-0.2, 0) is 29.0 Å². The van der Waals surface area contributed by atoms with Gasteiger partial charge in [0.25, 0.3) is 0 Å². The smallest absolute Gasteiger partial charge is 0.459 e. The van der Waals surface area contributed by atoms with Gasteiger partial charge in [-0.3, -0.25) is 14.3 Å². The zero-order chi connectivity index (χ0) is 27.3. The summed E-state index contributed by atoms with van der Waals surface area (Å²) in [5.74, 6) is -0.597. The summed E-state index contributed by atoms with van der Waals surface area (Å²) < 4.78 is 37.8. The van der Waals surface area contributed by atoms with E-state index in [2.05, 4.69) is 20.2 Å². The molecular weight excluding hydrogens is 515 g/mol. The van der Waals surface area contributed by atoms with Crippen molar-refractivity contribution in [1.82, 2.24) is 19.7 Å². The van der Waals surface area contributed by atoms with Gasteiger partial charge in [0.2, 0.25) is 0 Å². The lowest BCUT2D eigenvalue weighted by atomic mass is 9.84. The van der Waals surface area contributed by atoms with E-state index >= 15 is 0 Å². The summed E-state index contributed by atoms with van der Waals surface area (Å²) in [6, 6.07) is 11.9. The summed E-state index contributed by atoms with van der Waals surface area (Å²) >= 11 is 0. The van der Waals surface area contributed by atoms with E-state index in [4.69, 9.17) is 24.3 Å². The molecule has 0 bridgehead atoms. The number of benzene rings is 1. The van der Waals surface area contributed by atoms with E-state index in [1.807, 2.05) is 0 Å². The van der Waals surface area contributed by atoms with Crippen molar-refractivity contribution in [2.45, 2.75) is 31.7 Å². The maximum atomic E-state index is 13.6. The summed E-state index contributed by atoms with van der Waals surface area (Å²) in [4.78, 5) is 20.1. The third kappa shape index (κ3) is 5.57. The fourth-order valence-electron chi connectivity index (χ4n) is 4.35. The number of carbonyl (C=O) groups is 1. The molecule has 1 aromatic carbocycles. The summed E-state index contributed by atoms with van der Waals surface area (Å²) in [7, 11) is -2.51. The van der Waals surface area contributed by atoms with E-state index in [0.717, 1.165) is 0 Å². The molecule has 0 aliphatic carbocycles. The first-order valence-electron chi connectivity index (χ1n) is 12.0. The summed E-state index contributed by atoms with van der Waals surface area (Å²) in [6.45, 7) is 2.89. The van der Waals surface area contributed by atoms with E-state index in [1.165, 1.54) is 6.33 Å². The number of carbonyl (C=O) groups excluding carboxylic acids is 1. The number of nitrogens with two attached hydrogens (primary N) is 1. The molecule has 2 aromatic heterocycles. The van der Waals surface area contributed by atoms with Crippen LogP contribution in [0.15, 0.2) is 53.8 Å². The van der Waals surface area contributed by atoms with Gasteiger partial charge in [-0.1, -0.05) is 25.1 Å². The van der Waals surface area contributed by atoms with Crippen LogP contribution in [0.4, 0.5) is 5.82 Å². The Morgan fingerprint density at radius 3 is 2.82 bits per heavy atom. The molecule has 0 radical (unpaired) electrons. The number of nitrogen functional groups attached to an aromatic ring is 1. The lowest BCUT2D eigenvalue weighted by molar-refractivity contribution is -0.141. The number of nitrogens with zero attached hydrogens (tertiary/aromatic N) is 4. The van der Waals surface area contributed by atoms with Crippen LogP contribution in [0.1, 0.15) is 19.5 Å². The first-order chi connectivity index (χ1) is 18.2. The van der Waals surface area contributed by atoms with Crippen molar-refractivity contribution in [2.24, 2.45) is 10.9 Å². The minimum absolute atomic E-state index is 0.164. The van der Waals surface area contributed by atoms with Crippen LogP contribution in [0.2, 0.25) is 0 Å². The highest BCUT2D eigenvalue weighted by Crippen LogP contribution is 2.48. The highest BCUT2D eigenvalue weighted by molar-refractivity contribution is 7.52. The fraction of sp³-hybridized carbons (Fsp3) is 0.417. The topological polar surface area (TPSA) is 172 Å². The maximum Gasteiger partial charge on any atom is 0.459 e. The first kappa shape index (κ1) is 27.7. The first-order valence-corrected chi connectivity index (χ1v) is 13.5. The summed E-state index contributed by atoms with van der Waals surface area (Å²) in [6.07, 6.45) is 0.920. The number of fused-ring (bicyclic) bond motifs is 1. The van der Waals surface area contributed by atoms with Crippen molar-refractivity contribution < 1.29 is 33.0 Å². The van der Waals surface area contributed by atoms with Crippen molar-refractivity contribution in [3.05, 3.63) is 54.5 Å². The fourth-order valence-corrected chi connectivity index (χ4v) is 5.63. The molecule has 1 unspecified atom stereocenters. The Morgan fingerprint density at radius 1 is 1.34 bits per heavy atom.